The van der Waals surface area contributed by atoms with Crippen molar-refractivity contribution in [3.05, 3.63) is 78.4 Å². The van der Waals surface area contributed by atoms with E-state index >= 15 is 0 Å². The first-order valence-electron chi connectivity index (χ1n) is 13.5. The van der Waals surface area contributed by atoms with E-state index in [0.717, 1.165) is 17.0 Å². The Labute approximate surface area is 232 Å². The molecule has 2 fully saturated rings. The number of amides is 1. The minimum atomic E-state index is -0.753. The zero-order valence-corrected chi connectivity index (χ0v) is 22.1. The van der Waals surface area contributed by atoms with Crippen molar-refractivity contribution in [3.63, 3.8) is 0 Å². The third-order valence-corrected chi connectivity index (χ3v) is 7.23. The maximum absolute atomic E-state index is 13.3. The predicted octanol–water partition coefficient (Wildman–Crippen LogP) is 5.14. The highest BCUT2D eigenvalue weighted by Gasteiger charge is 2.27. The minimum absolute atomic E-state index is 0.0261. The second-order valence-corrected chi connectivity index (χ2v) is 10.0. The number of aliphatic carboxylic acids is 1. The van der Waals surface area contributed by atoms with Gasteiger partial charge in [-0.15, -0.1) is 0 Å². The zero-order valence-electron chi connectivity index (χ0n) is 22.1. The molecule has 0 aliphatic carbocycles. The summed E-state index contributed by atoms with van der Waals surface area (Å²) < 4.78 is 30.8. The SMILES string of the molecule is O=C(O)C1CCN(c2cncc(OC(=O)N3CCC(Oc4ccc(OCc5cccc(F)c5)cc4)CC3)c2)CC1. The summed E-state index contributed by atoms with van der Waals surface area (Å²) in [6, 6.07) is 15.4. The maximum atomic E-state index is 13.3. The van der Waals surface area contributed by atoms with Crippen molar-refractivity contribution in [2.24, 2.45) is 5.92 Å². The molecular weight excluding hydrogens is 517 g/mol. The van der Waals surface area contributed by atoms with Gasteiger partial charge in [-0.25, -0.2) is 9.18 Å². The molecule has 0 bridgehead atoms. The number of carboxylic acid groups (broad SMARTS) is 1. The predicted molar refractivity (Wildman–Crippen MR) is 145 cm³/mol. The lowest BCUT2D eigenvalue weighted by atomic mass is 9.97. The number of halogens is 1. The molecule has 0 unspecified atom stereocenters. The molecule has 3 heterocycles. The van der Waals surface area contributed by atoms with E-state index in [2.05, 4.69) is 9.88 Å². The van der Waals surface area contributed by atoms with Gasteiger partial charge in [0.05, 0.1) is 24.0 Å². The molecule has 5 rings (SSSR count). The van der Waals surface area contributed by atoms with E-state index in [0.29, 0.717) is 63.4 Å². The summed E-state index contributed by atoms with van der Waals surface area (Å²) in [5.74, 6) is 0.384. The molecule has 2 saturated heterocycles. The highest BCUT2D eigenvalue weighted by Crippen LogP contribution is 2.27. The first-order chi connectivity index (χ1) is 19.4. The van der Waals surface area contributed by atoms with Gasteiger partial charge in [-0.3, -0.25) is 9.78 Å². The van der Waals surface area contributed by atoms with E-state index in [1.54, 1.807) is 23.2 Å². The number of likely N-dealkylation sites (tertiary alicyclic amines) is 1. The van der Waals surface area contributed by atoms with E-state index in [9.17, 15) is 19.1 Å². The number of aromatic nitrogens is 1. The van der Waals surface area contributed by atoms with Crippen LogP contribution in [-0.4, -0.2) is 59.3 Å². The topological polar surface area (TPSA) is 101 Å². The molecule has 2 aliphatic heterocycles. The number of nitrogens with zero attached hydrogens (tertiary/aromatic N) is 3. The molecule has 10 heteroatoms. The van der Waals surface area contributed by atoms with Crippen LogP contribution in [0.2, 0.25) is 0 Å². The number of carbonyl (C=O) groups excluding carboxylic acids is 1. The van der Waals surface area contributed by atoms with Crippen LogP contribution in [-0.2, 0) is 11.4 Å². The molecule has 0 radical (unpaired) electrons. The van der Waals surface area contributed by atoms with Crippen LogP contribution in [0.1, 0.15) is 31.2 Å². The average Bonchev–Trinajstić information content (AvgIpc) is 2.97. The van der Waals surface area contributed by atoms with Crippen LogP contribution in [0.5, 0.6) is 17.2 Å². The highest BCUT2D eigenvalue weighted by molar-refractivity contribution is 5.72. The van der Waals surface area contributed by atoms with Gasteiger partial charge >= 0.3 is 12.1 Å². The van der Waals surface area contributed by atoms with Crippen molar-refractivity contribution in [3.8, 4) is 17.2 Å². The Hall–Kier alpha value is -4.34. The molecule has 1 N–H and O–H groups in total. The van der Waals surface area contributed by atoms with Gasteiger partial charge in [0.15, 0.2) is 5.75 Å². The quantitative estimate of drug-likeness (QED) is 0.412. The fourth-order valence-corrected chi connectivity index (χ4v) is 4.94. The second-order valence-electron chi connectivity index (χ2n) is 10.0. The molecule has 1 aromatic heterocycles. The summed E-state index contributed by atoms with van der Waals surface area (Å²) in [5.41, 5.74) is 1.57. The van der Waals surface area contributed by atoms with E-state index in [-0.39, 0.29) is 24.4 Å². The lowest BCUT2D eigenvalue weighted by Crippen LogP contribution is -2.43. The summed E-state index contributed by atoms with van der Waals surface area (Å²) >= 11 is 0. The smallest absolute Gasteiger partial charge is 0.415 e. The Balaban J connectivity index is 1.05. The van der Waals surface area contributed by atoms with Crippen molar-refractivity contribution in [2.75, 3.05) is 31.1 Å². The summed E-state index contributed by atoms with van der Waals surface area (Å²) in [6.07, 6.45) is 5.24. The van der Waals surface area contributed by atoms with E-state index in [1.165, 1.54) is 18.3 Å². The third-order valence-electron chi connectivity index (χ3n) is 7.23. The number of carbonyl (C=O) groups is 2. The lowest BCUT2D eigenvalue weighted by molar-refractivity contribution is -0.142. The van der Waals surface area contributed by atoms with E-state index < -0.39 is 12.1 Å². The van der Waals surface area contributed by atoms with Crippen LogP contribution in [0.4, 0.5) is 14.9 Å². The van der Waals surface area contributed by atoms with Gasteiger partial charge in [-0.05, 0) is 54.8 Å². The Kier molecular flexibility index (Phi) is 8.63. The van der Waals surface area contributed by atoms with Crippen LogP contribution < -0.4 is 19.1 Å². The standard InChI is InChI=1S/C30H32FN3O6/c31-23-3-1-2-21(16-23)20-38-25-4-6-26(7-5-25)39-27-10-14-34(15-11-27)30(37)40-28-17-24(18-32-19-28)33-12-8-22(9-13-33)29(35)36/h1-7,16-19,22,27H,8-15,20H2,(H,35,36). The number of ether oxygens (including phenoxy) is 3. The minimum Gasteiger partial charge on any atom is -0.490 e. The normalized spacial score (nSPS) is 16.4. The van der Waals surface area contributed by atoms with Gasteiger partial charge in [-0.1, -0.05) is 12.1 Å². The zero-order chi connectivity index (χ0) is 27.9. The van der Waals surface area contributed by atoms with Gasteiger partial charge in [-0.2, -0.15) is 0 Å². The van der Waals surface area contributed by atoms with E-state index in [4.69, 9.17) is 14.2 Å². The monoisotopic (exact) mass is 549 g/mol. The van der Waals surface area contributed by atoms with Gasteiger partial charge in [0.2, 0.25) is 0 Å². The molecule has 1 amide bonds. The summed E-state index contributed by atoms with van der Waals surface area (Å²) in [6.45, 7) is 2.53. The summed E-state index contributed by atoms with van der Waals surface area (Å²) in [5, 5.41) is 9.21. The van der Waals surface area contributed by atoms with Crippen molar-refractivity contribution in [2.45, 2.75) is 38.4 Å². The van der Waals surface area contributed by atoms with Crippen LogP contribution in [0.3, 0.4) is 0 Å². The Morgan fingerprint density at radius 3 is 2.33 bits per heavy atom. The molecule has 2 aromatic carbocycles. The maximum Gasteiger partial charge on any atom is 0.415 e. The largest absolute Gasteiger partial charge is 0.490 e. The number of hydrogen-bond acceptors (Lipinski definition) is 7. The molecule has 3 aromatic rings. The molecular formula is C30H32FN3O6. The fraction of sp³-hybridized carbons (Fsp3) is 0.367. The van der Waals surface area contributed by atoms with Crippen LogP contribution in [0, 0.1) is 11.7 Å². The number of hydrogen-bond donors (Lipinski definition) is 1. The third kappa shape index (κ3) is 7.19. The van der Waals surface area contributed by atoms with Gasteiger partial charge < -0.3 is 29.1 Å². The van der Waals surface area contributed by atoms with Crippen molar-refractivity contribution < 1.29 is 33.3 Å². The molecule has 2 aliphatic rings. The molecule has 0 atom stereocenters. The number of benzene rings is 2. The first kappa shape index (κ1) is 27.2. The van der Waals surface area contributed by atoms with Gasteiger partial charge in [0.1, 0.15) is 30.0 Å². The lowest BCUT2D eigenvalue weighted by Gasteiger charge is -2.32. The van der Waals surface area contributed by atoms with Crippen molar-refractivity contribution in [1.82, 2.24) is 9.88 Å². The number of rotatable bonds is 8. The Morgan fingerprint density at radius 2 is 1.62 bits per heavy atom. The molecule has 9 nitrogen and oxygen atoms in total. The second kappa shape index (κ2) is 12.7. The van der Waals surface area contributed by atoms with Gasteiger partial charge in [0.25, 0.3) is 0 Å². The van der Waals surface area contributed by atoms with Crippen LogP contribution >= 0.6 is 0 Å². The number of anilines is 1. The highest BCUT2D eigenvalue weighted by atomic mass is 19.1. The van der Waals surface area contributed by atoms with Crippen LogP contribution in [0.15, 0.2) is 67.0 Å². The van der Waals surface area contributed by atoms with Gasteiger partial charge in [0, 0.05) is 45.1 Å². The molecule has 0 saturated carbocycles. The molecule has 0 spiro atoms. The Bertz CT molecular complexity index is 1300. The number of pyridine rings is 1. The number of piperidine rings is 2. The molecule has 40 heavy (non-hydrogen) atoms. The fourth-order valence-electron chi connectivity index (χ4n) is 4.94. The average molecular weight is 550 g/mol. The molecule has 210 valence electrons. The van der Waals surface area contributed by atoms with Crippen LogP contribution in [0.25, 0.3) is 0 Å². The van der Waals surface area contributed by atoms with Crippen molar-refractivity contribution >= 4 is 17.7 Å². The first-order valence-corrected chi connectivity index (χ1v) is 13.5. The van der Waals surface area contributed by atoms with Crippen molar-refractivity contribution in [1.29, 1.82) is 0 Å². The number of carboxylic acids is 1. The van der Waals surface area contributed by atoms with E-state index in [1.807, 2.05) is 30.3 Å². The Morgan fingerprint density at radius 1 is 0.900 bits per heavy atom. The summed E-state index contributed by atoms with van der Waals surface area (Å²) in [7, 11) is 0. The summed E-state index contributed by atoms with van der Waals surface area (Å²) in [4.78, 5) is 31.9.